The SMILES string of the molecule is Cc1cn(-c2ccccc2)c(NC2(C)CCOC2)n1. The maximum Gasteiger partial charge on any atom is 0.208 e. The fourth-order valence-electron chi connectivity index (χ4n) is 2.41. The van der Waals surface area contributed by atoms with Gasteiger partial charge in [0.2, 0.25) is 5.95 Å². The molecule has 4 heteroatoms. The van der Waals surface area contributed by atoms with Crippen LogP contribution in [0.15, 0.2) is 36.5 Å². The highest BCUT2D eigenvalue weighted by atomic mass is 16.5. The van der Waals surface area contributed by atoms with Gasteiger partial charge < -0.3 is 10.1 Å². The molecule has 0 aliphatic carbocycles. The van der Waals surface area contributed by atoms with Crippen LogP contribution in [-0.4, -0.2) is 28.3 Å². The molecular formula is C15H19N3O. The molecule has 1 atom stereocenters. The van der Waals surface area contributed by atoms with E-state index in [9.17, 15) is 0 Å². The molecule has 0 bridgehead atoms. The molecule has 1 aliphatic rings. The molecule has 0 radical (unpaired) electrons. The zero-order valence-corrected chi connectivity index (χ0v) is 11.4. The molecule has 1 aliphatic heterocycles. The van der Waals surface area contributed by atoms with Crippen molar-refractivity contribution in [1.29, 1.82) is 0 Å². The van der Waals surface area contributed by atoms with E-state index in [1.165, 1.54) is 0 Å². The van der Waals surface area contributed by atoms with Crippen LogP contribution in [0, 0.1) is 6.92 Å². The van der Waals surface area contributed by atoms with Gasteiger partial charge in [-0.05, 0) is 32.4 Å². The number of hydrogen-bond donors (Lipinski definition) is 1. The Morgan fingerprint density at radius 1 is 1.32 bits per heavy atom. The lowest BCUT2D eigenvalue weighted by Crippen LogP contribution is -2.36. The molecule has 1 unspecified atom stereocenters. The van der Waals surface area contributed by atoms with Gasteiger partial charge in [0, 0.05) is 18.5 Å². The molecule has 3 rings (SSSR count). The van der Waals surface area contributed by atoms with Gasteiger partial charge in [0.1, 0.15) is 0 Å². The number of aromatic nitrogens is 2. The monoisotopic (exact) mass is 257 g/mol. The van der Waals surface area contributed by atoms with E-state index in [0.717, 1.165) is 37.0 Å². The first-order valence-electron chi connectivity index (χ1n) is 6.64. The minimum atomic E-state index is -0.0235. The normalized spacial score (nSPS) is 22.6. The van der Waals surface area contributed by atoms with Crippen LogP contribution in [0.2, 0.25) is 0 Å². The van der Waals surface area contributed by atoms with Crippen LogP contribution >= 0.6 is 0 Å². The van der Waals surface area contributed by atoms with Gasteiger partial charge in [-0.2, -0.15) is 0 Å². The number of aryl methyl sites for hydroxylation is 1. The Kier molecular flexibility index (Phi) is 3.03. The number of anilines is 1. The minimum absolute atomic E-state index is 0.0235. The van der Waals surface area contributed by atoms with Crippen LogP contribution in [0.5, 0.6) is 0 Å². The Hall–Kier alpha value is -1.81. The number of nitrogens with zero attached hydrogens (tertiary/aromatic N) is 2. The topological polar surface area (TPSA) is 39.1 Å². The van der Waals surface area contributed by atoms with Crippen molar-refractivity contribution in [2.24, 2.45) is 0 Å². The lowest BCUT2D eigenvalue weighted by atomic mass is 10.0. The van der Waals surface area contributed by atoms with Crippen molar-refractivity contribution in [3.05, 3.63) is 42.2 Å². The third-order valence-electron chi connectivity index (χ3n) is 3.49. The third-order valence-corrected chi connectivity index (χ3v) is 3.49. The van der Waals surface area contributed by atoms with Gasteiger partial charge in [-0.3, -0.25) is 4.57 Å². The van der Waals surface area contributed by atoms with E-state index in [4.69, 9.17) is 4.74 Å². The number of para-hydroxylation sites is 1. The first-order chi connectivity index (χ1) is 9.16. The van der Waals surface area contributed by atoms with Crippen molar-refractivity contribution in [3.8, 4) is 5.69 Å². The number of hydrogen-bond acceptors (Lipinski definition) is 3. The molecule has 2 heterocycles. The van der Waals surface area contributed by atoms with E-state index in [1.54, 1.807) is 0 Å². The van der Waals surface area contributed by atoms with Crippen LogP contribution < -0.4 is 5.32 Å². The third kappa shape index (κ3) is 2.49. The molecule has 1 saturated heterocycles. The molecule has 0 saturated carbocycles. The zero-order chi connectivity index (χ0) is 13.3. The average molecular weight is 257 g/mol. The smallest absolute Gasteiger partial charge is 0.208 e. The largest absolute Gasteiger partial charge is 0.379 e. The maximum atomic E-state index is 5.49. The predicted octanol–water partition coefficient (Wildman–Crippen LogP) is 2.77. The van der Waals surface area contributed by atoms with Crippen molar-refractivity contribution >= 4 is 5.95 Å². The van der Waals surface area contributed by atoms with Crippen LogP contribution in [0.25, 0.3) is 5.69 Å². The Morgan fingerprint density at radius 3 is 2.79 bits per heavy atom. The summed E-state index contributed by atoms with van der Waals surface area (Å²) in [5.74, 6) is 0.886. The standard InChI is InChI=1S/C15H19N3O/c1-12-10-18(13-6-4-3-5-7-13)14(16-12)17-15(2)8-9-19-11-15/h3-7,10H,8-9,11H2,1-2H3,(H,16,17). The Morgan fingerprint density at radius 2 is 2.11 bits per heavy atom. The molecule has 1 N–H and O–H groups in total. The molecular weight excluding hydrogens is 238 g/mol. The number of rotatable bonds is 3. The number of imidazole rings is 1. The van der Waals surface area contributed by atoms with Crippen molar-refractivity contribution < 1.29 is 4.74 Å². The molecule has 1 fully saturated rings. The van der Waals surface area contributed by atoms with E-state index >= 15 is 0 Å². The molecule has 1 aromatic heterocycles. The van der Waals surface area contributed by atoms with Crippen LogP contribution in [0.1, 0.15) is 19.0 Å². The van der Waals surface area contributed by atoms with E-state index in [0.29, 0.717) is 0 Å². The Balaban J connectivity index is 1.94. The Labute approximate surface area is 113 Å². The summed E-state index contributed by atoms with van der Waals surface area (Å²) >= 11 is 0. The summed E-state index contributed by atoms with van der Waals surface area (Å²) in [7, 11) is 0. The average Bonchev–Trinajstić information content (AvgIpc) is 2.97. The summed E-state index contributed by atoms with van der Waals surface area (Å²) in [5.41, 5.74) is 2.10. The highest BCUT2D eigenvalue weighted by Gasteiger charge is 2.30. The summed E-state index contributed by atoms with van der Waals surface area (Å²) in [6, 6.07) is 10.3. The van der Waals surface area contributed by atoms with E-state index in [1.807, 2.05) is 25.1 Å². The highest BCUT2D eigenvalue weighted by Crippen LogP contribution is 2.25. The van der Waals surface area contributed by atoms with Gasteiger partial charge in [-0.15, -0.1) is 0 Å². The first kappa shape index (κ1) is 12.2. The second-order valence-electron chi connectivity index (χ2n) is 5.40. The molecule has 0 spiro atoms. The van der Waals surface area contributed by atoms with Crippen LogP contribution in [0.4, 0.5) is 5.95 Å². The molecule has 1 aromatic carbocycles. The number of nitrogens with one attached hydrogen (secondary N) is 1. The van der Waals surface area contributed by atoms with Crippen molar-refractivity contribution in [2.75, 3.05) is 18.5 Å². The molecule has 19 heavy (non-hydrogen) atoms. The van der Waals surface area contributed by atoms with Crippen molar-refractivity contribution in [3.63, 3.8) is 0 Å². The second kappa shape index (κ2) is 4.70. The van der Waals surface area contributed by atoms with Gasteiger partial charge in [-0.25, -0.2) is 4.98 Å². The van der Waals surface area contributed by atoms with Gasteiger partial charge >= 0.3 is 0 Å². The predicted molar refractivity (Wildman–Crippen MR) is 75.8 cm³/mol. The number of ether oxygens (including phenoxy) is 1. The summed E-state index contributed by atoms with van der Waals surface area (Å²) in [6.45, 7) is 5.74. The lowest BCUT2D eigenvalue weighted by molar-refractivity contribution is 0.185. The van der Waals surface area contributed by atoms with Crippen LogP contribution in [0.3, 0.4) is 0 Å². The van der Waals surface area contributed by atoms with Gasteiger partial charge in [0.15, 0.2) is 0 Å². The zero-order valence-electron chi connectivity index (χ0n) is 11.4. The minimum Gasteiger partial charge on any atom is -0.379 e. The van der Waals surface area contributed by atoms with Crippen molar-refractivity contribution in [2.45, 2.75) is 25.8 Å². The molecule has 100 valence electrons. The maximum absolute atomic E-state index is 5.49. The molecule has 0 amide bonds. The van der Waals surface area contributed by atoms with Gasteiger partial charge in [0.05, 0.1) is 17.8 Å². The molecule has 4 nitrogen and oxygen atoms in total. The number of benzene rings is 1. The second-order valence-corrected chi connectivity index (χ2v) is 5.40. The van der Waals surface area contributed by atoms with E-state index in [2.05, 4.69) is 40.1 Å². The summed E-state index contributed by atoms with van der Waals surface area (Å²) in [5, 5.41) is 3.53. The Bertz CT molecular complexity index is 556. The van der Waals surface area contributed by atoms with E-state index in [-0.39, 0.29) is 5.54 Å². The van der Waals surface area contributed by atoms with Crippen LogP contribution in [-0.2, 0) is 4.74 Å². The van der Waals surface area contributed by atoms with E-state index < -0.39 is 0 Å². The fourth-order valence-corrected chi connectivity index (χ4v) is 2.41. The van der Waals surface area contributed by atoms with Gasteiger partial charge in [-0.1, -0.05) is 18.2 Å². The van der Waals surface area contributed by atoms with Crippen molar-refractivity contribution in [1.82, 2.24) is 9.55 Å². The summed E-state index contributed by atoms with van der Waals surface area (Å²) in [4.78, 5) is 4.59. The summed E-state index contributed by atoms with van der Waals surface area (Å²) < 4.78 is 7.58. The van der Waals surface area contributed by atoms with Gasteiger partial charge in [0.25, 0.3) is 0 Å². The fraction of sp³-hybridized carbons (Fsp3) is 0.400. The lowest BCUT2D eigenvalue weighted by Gasteiger charge is -2.24. The molecule has 2 aromatic rings. The first-order valence-corrected chi connectivity index (χ1v) is 6.64. The summed E-state index contributed by atoms with van der Waals surface area (Å²) in [6.07, 6.45) is 3.06. The highest BCUT2D eigenvalue weighted by molar-refractivity contribution is 5.44. The quantitative estimate of drug-likeness (QED) is 0.919.